The van der Waals surface area contributed by atoms with E-state index in [1.165, 1.54) is 0 Å². The van der Waals surface area contributed by atoms with Gasteiger partial charge < -0.3 is 4.57 Å². The summed E-state index contributed by atoms with van der Waals surface area (Å²) in [6.45, 7) is 0. The lowest BCUT2D eigenvalue weighted by molar-refractivity contribution is -0.137. The number of nitrogens with zero attached hydrogens (tertiary/aromatic N) is 2. The van der Waals surface area contributed by atoms with Gasteiger partial charge in [0, 0.05) is 35.9 Å². The van der Waals surface area contributed by atoms with Crippen LogP contribution in [0.15, 0.2) is 42.7 Å². The molecule has 2 nitrogen and oxygen atoms in total. The molecule has 0 aliphatic heterocycles. The minimum atomic E-state index is -4.45. The lowest BCUT2D eigenvalue weighted by Gasteiger charge is -2.09. The summed E-state index contributed by atoms with van der Waals surface area (Å²) in [6, 6.07) is 8.37. The summed E-state index contributed by atoms with van der Waals surface area (Å²) < 4.78 is 39.8. The maximum absolute atomic E-state index is 12.6. The second kappa shape index (κ2) is 4.77. The average Bonchev–Trinajstić information content (AvgIpc) is 2.79. The second-order valence-electron chi connectivity index (χ2n) is 4.75. The number of alkyl halides is 3. The maximum Gasteiger partial charge on any atom is 0.417 e. The molecule has 0 atom stereocenters. The van der Waals surface area contributed by atoms with Crippen molar-refractivity contribution in [3.63, 3.8) is 0 Å². The number of rotatable bonds is 1. The number of pyridine rings is 1. The minimum absolute atomic E-state index is 0.0138. The lowest BCUT2D eigenvalue weighted by Crippen LogP contribution is -2.05. The van der Waals surface area contributed by atoms with Gasteiger partial charge in [0.25, 0.3) is 0 Å². The van der Waals surface area contributed by atoms with Crippen LogP contribution in [-0.2, 0) is 13.2 Å². The average molecular weight is 311 g/mol. The largest absolute Gasteiger partial charge is 0.417 e. The van der Waals surface area contributed by atoms with Gasteiger partial charge in [-0.05, 0) is 24.3 Å². The Morgan fingerprint density at radius 1 is 1.14 bits per heavy atom. The van der Waals surface area contributed by atoms with Gasteiger partial charge in [-0.15, -0.1) is 0 Å². The summed E-state index contributed by atoms with van der Waals surface area (Å²) in [4.78, 5) is 3.87. The smallest absolute Gasteiger partial charge is 0.351 e. The molecule has 0 radical (unpaired) electrons. The van der Waals surface area contributed by atoms with Crippen LogP contribution in [0.4, 0.5) is 13.2 Å². The van der Waals surface area contributed by atoms with Gasteiger partial charge in [0.15, 0.2) is 0 Å². The Balaban J connectivity index is 2.10. The molecule has 0 aliphatic carbocycles. The van der Waals surface area contributed by atoms with Crippen molar-refractivity contribution in [2.75, 3.05) is 0 Å². The molecule has 0 saturated carbocycles. The Kier molecular flexibility index (Phi) is 3.17. The number of benzene rings is 1. The maximum atomic E-state index is 12.6. The van der Waals surface area contributed by atoms with Crippen molar-refractivity contribution in [2.45, 2.75) is 6.18 Å². The van der Waals surface area contributed by atoms with Crippen LogP contribution in [0.1, 0.15) is 5.56 Å². The highest BCUT2D eigenvalue weighted by atomic mass is 35.5. The number of hydrogen-bond donors (Lipinski definition) is 0. The van der Waals surface area contributed by atoms with Gasteiger partial charge in [-0.1, -0.05) is 17.7 Å². The fourth-order valence-electron chi connectivity index (χ4n) is 2.23. The molecular weight excluding hydrogens is 301 g/mol. The quantitative estimate of drug-likeness (QED) is 0.624. The standard InChI is InChI=1S/C15H10ClF3N2/c1-21-5-4-9-6-10(2-3-13(9)21)14-12(16)7-11(8-20-14)15(17,18)19/h2-8H,1H3. The van der Waals surface area contributed by atoms with E-state index in [-0.39, 0.29) is 5.02 Å². The van der Waals surface area contributed by atoms with Gasteiger partial charge >= 0.3 is 6.18 Å². The van der Waals surface area contributed by atoms with Gasteiger partial charge in [0.1, 0.15) is 0 Å². The van der Waals surface area contributed by atoms with Gasteiger partial charge in [-0.25, -0.2) is 0 Å². The van der Waals surface area contributed by atoms with Crippen LogP contribution in [0.2, 0.25) is 5.02 Å². The highest BCUT2D eigenvalue weighted by Crippen LogP contribution is 2.34. The van der Waals surface area contributed by atoms with Crippen molar-refractivity contribution in [3.05, 3.63) is 53.3 Å². The molecule has 1 aromatic carbocycles. The van der Waals surface area contributed by atoms with Crippen LogP contribution in [0.3, 0.4) is 0 Å². The topological polar surface area (TPSA) is 17.8 Å². The molecule has 6 heteroatoms. The monoisotopic (exact) mass is 310 g/mol. The molecule has 0 bridgehead atoms. The van der Waals surface area contributed by atoms with E-state index in [9.17, 15) is 13.2 Å². The normalized spacial score (nSPS) is 12.0. The number of aryl methyl sites for hydroxylation is 1. The van der Waals surface area contributed by atoms with Crippen LogP contribution in [0, 0.1) is 0 Å². The summed E-state index contributed by atoms with van der Waals surface area (Å²) in [5, 5.41) is 0.966. The fraction of sp³-hybridized carbons (Fsp3) is 0.133. The molecule has 2 aromatic heterocycles. The van der Waals surface area contributed by atoms with Crippen molar-refractivity contribution < 1.29 is 13.2 Å². The zero-order valence-electron chi connectivity index (χ0n) is 10.9. The van der Waals surface area contributed by atoms with E-state index in [0.717, 1.165) is 23.2 Å². The molecule has 0 saturated heterocycles. The molecule has 0 N–H and O–H groups in total. The van der Waals surface area contributed by atoms with E-state index < -0.39 is 11.7 Å². The molecule has 0 aliphatic rings. The van der Waals surface area contributed by atoms with Crippen LogP contribution in [-0.4, -0.2) is 9.55 Å². The summed E-state index contributed by atoms with van der Waals surface area (Å²) in [5.74, 6) is 0. The van der Waals surface area contributed by atoms with Gasteiger partial charge in [0.05, 0.1) is 16.3 Å². The lowest BCUT2D eigenvalue weighted by atomic mass is 10.1. The van der Waals surface area contributed by atoms with E-state index in [1.807, 2.05) is 36.0 Å². The minimum Gasteiger partial charge on any atom is -0.351 e. The van der Waals surface area contributed by atoms with E-state index in [2.05, 4.69) is 4.98 Å². The van der Waals surface area contributed by atoms with Crippen molar-refractivity contribution in [1.29, 1.82) is 0 Å². The Morgan fingerprint density at radius 2 is 1.90 bits per heavy atom. The molecule has 3 aromatic rings. The second-order valence-corrected chi connectivity index (χ2v) is 5.16. The SMILES string of the molecule is Cn1ccc2cc(-c3ncc(C(F)(F)F)cc3Cl)ccc21. The zero-order valence-corrected chi connectivity index (χ0v) is 11.7. The number of hydrogen-bond acceptors (Lipinski definition) is 1. The molecule has 21 heavy (non-hydrogen) atoms. The van der Waals surface area contributed by atoms with Crippen LogP contribution in [0.5, 0.6) is 0 Å². The van der Waals surface area contributed by atoms with Gasteiger partial charge in [-0.2, -0.15) is 13.2 Å². The summed E-state index contributed by atoms with van der Waals surface area (Å²) in [7, 11) is 1.92. The molecular formula is C15H10ClF3N2. The predicted molar refractivity (Wildman–Crippen MR) is 76.2 cm³/mol. The van der Waals surface area contributed by atoms with E-state index in [1.54, 1.807) is 6.07 Å². The third-order valence-corrected chi connectivity index (χ3v) is 3.62. The van der Waals surface area contributed by atoms with E-state index >= 15 is 0 Å². The molecule has 0 amide bonds. The van der Waals surface area contributed by atoms with Crippen molar-refractivity contribution in [3.8, 4) is 11.3 Å². The first-order chi connectivity index (χ1) is 9.86. The van der Waals surface area contributed by atoms with E-state index in [0.29, 0.717) is 11.3 Å². The molecule has 2 heterocycles. The first-order valence-electron chi connectivity index (χ1n) is 6.14. The van der Waals surface area contributed by atoms with Gasteiger partial charge in [0.2, 0.25) is 0 Å². The Bertz CT molecular complexity index is 821. The van der Waals surface area contributed by atoms with E-state index in [4.69, 9.17) is 11.6 Å². The number of fused-ring (bicyclic) bond motifs is 1. The first-order valence-corrected chi connectivity index (χ1v) is 6.52. The van der Waals surface area contributed by atoms with Crippen molar-refractivity contribution >= 4 is 22.5 Å². The summed E-state index contributed by atoms with van der Waals surface area (Å²) in [6.07, 6.45) is -1.73. The summed E-state index contributed by atoms with van der Waals surface area (Å²) in [5.41, 5.74) is 1.21. The molecule has 3 rings (SSSR count). The third kappa shape index (κ3) is 2.49. The van der Waals surface area contributed by atoms with Crippen molar-refractivity contribution in [2.24, 2.45) is 7.05 Å². The molecule has 0 unspecified atom stereocenters. The summed E-state index contributed by atoms with van der Waals surface area (Å²) >= 11 is 5.96. The highest BCUT2D eigenvalue weighted by Gasteiger charge is 2.31. The Hall–Kier alpha value is -2.01. The van der Waals surface area contributed by atoms with Gasteiger partial charge in [-0.3, -0.25) is 4.98 Å². The predicted octanol–water partition coefficient (Wildman–Crippen LogP) is 4.91. The van der Waals surface area contributed by atoms with Crippen LogP contribution < -0.4 is 0 Å². The number of aromatic nitrogens is 2. The molecule has 108 valence electrons. The number of halogens is 4. The highest BCUT2D eigenvalue weighted by molar-refractivity contribution is 6.33. The van der Waals surface area contributed by atoms with Crippen LogP contribution in [0.25, 0.3) is 22.2 Å². The molecule has 0 fully saturated rings. The fourth-order valence-corrected chi connectivity index (χ4v) is 2.51. The zero-order chi connectivity index (χ0) is 15.2. The van der Waals surface area contributed by atoms with Crippen molar-refractivity contribution in [1.82, 2.24) is 9.55 Å². The Labute approximate surface area is 123 Å². The van der Waals surface area contributed by atoms with Crippen LogP contribution >= 0.6 is 11.6 Å². The molecule has 0 spiro atoms. The third-order valence-electron chi connectivity index (χ3n) is 3.33. The Morgan fingerprint density at radius 3 is 2.57 bits per heavy atom. The first kappa shape index (κ1) is 13.9.